The topological polar surface area (TPSA) is 49.3 Å². The van der Waals surface area contributed by atoms with Crippen LogP contribution in [0, 0.1) is 0 Å². The van der Waals surface area contributed by atoms with Gasteiger partial charge >= 0.3 is 0 Å². The van der Waals surface area contributed by atoms with Crippen LogP contribution in [0.3, 0.4) is 0 Å². The maximum atomic E-state index is 12.7. The van der Waals surface area contributed by atoms with Crippen LogP contribution in [0.15, 0.2) is 60.7 Å². The van der Waals surface area contributed by atoms with Crippen molar-refractivity contribution in [3.8, 4) is 11.4 Å². The predicted octanol–water partition coefficient (Wildman–Crippen LogP) is 3.56. The summed E-state index contributed by atoms with van der Waals surface area (Å²) in [5.74, 6) is 0.877. The summed E-state index contributed by atoms with van der Waals surface area (Å²) in [6.07, 6.45) is 0.929. The summed E-state index contributed by atoms with van der Waals surface area (Å²) < 4.78 is 4.50. The molecule has 132 valence electrons. The van der Waals surface area contributed by atoms with Crippen LogP contribution in [-0.4, -0.2) is 46.3 Å². The Balaban J connectivity index is 1.44. The molecule has 1 saturated heterocycles. The average molecular weight is 364 g/mol. The van der Waals surface area contributed by atoms with Gasteiger partial charge in [0.1, 0.15) is 0 Å². The molecule has 1 aromatic heterocycles. The van der Waals surface area contributed by atoms with E-state index in [1.807, 2.05) is 65.6 Å². The van der Waals surface area contributed by atoms with E-state index in [9.17, 15) is 4.79 Å². The number of hydrogen-bond acceptors (Lipinski definition) is 5. The number of rotatable bonds is 3. The Morgan fingerprint density at radius 3 is 2.38 bits per heavy atom. The number of carbonyl (C=O) groups excluding carboxylic acids is 1. The van der Waals surface area contributed by atoms with E-state index in [1.54, 1.807) is 0 Å². The lowest BCUT2D eigenvalue weighted by Gasteiger charge is -2.21. The quantitative estimate of drug-likeness (QED) is 0.713. The minimum Gasteiger partial charge on any atom is -0.345 e. The molecule has 0 bridgehead atoms. The van der Waals surface area contributed by atoms with E-state index in [-0.39, 0.29) is 5.91 Å². The van der Waals surface area contributed by atoms with Gasteiger partial charge in [0, 0.05) is 48.8 Å². The molecule has 1 amide bonds. The third-order valence-electron chi connectivity index (χ3n) is 4.52. The van der Waals surface area contributed by atoms with Gasteiger partial charge in [0.25, 0.3) is 5.91 Å². The van der Waals surface area contributed by atoms with E-state index in [1.165, 1.54) is 11.5 Å². The first-order chi connectivity index (χ1) is 12.8. The zero-order valence-electron chi connectivity index (χ0n) is 14.4. The summed E-state index contributed by atoms with van der Waals surface area (Å²) >= 11 is 1.43. The van der Waals surface area contributed by atoms with Gasteiger partial charge in [0.05, 0.1) is 0 Å². The Bertz CT molecular complexity index is 866. The number of hydrogen-bond donors (Lipinski definition) is 0. The van der Waals surface area contributed by atoms with Crippen molar-refractivity contribution < 1.29 is 4.79 Å². The molecule has 1 aliphatic heterocycles. The van der Waals surface area contributed by atoms with Gasteiger partial charge < -0.3 is 9.80 Å². The van der Waals surface area contributed by atoms with E-state index in [4.69, 9.17) is 4.98 Å². The Hall–Kier alpha value is -2.73. The average Bonchev–Trinajstić information content (AvgIpc) is 3.07. The van der Waals surface area contributed by atoms with Crippen molar-refractivity contribution in [2.75, 3.05) is 31.1 Å². The van der Waals surface area contributed by atoms with Gasteiger partial charge in [-0.2, -0.15) is 9.36 Å². The smallest absolute Gasteiger partial charge is 0.253 e. The minimum absolute atomic E-state index is 0.106. The Labute approximate surface area is 157 Å². The molecule has 26 heavy (non-hydrogen) atoms. The molecule has 2 heterocycles. The third-order valence-corrected chi connectivity index (χ3v) is 5.30. The number of nitrogens with zero attached hydrogens (tertiary/aromatic N) is 4. The lowest BCUT2D eigenvalue weighted by molar-refractivity contribution is 0.0767. The summed E-state index contributed by atoms with van der Waals surface area (Å²) in [7, 11) is 0. The second-order valence-electron chi connectivity index (χ2n) is 6.27. The van der Waals surface area contributed by atoms with Crippen LogP contribution in [0.25, 0.3) is 11.4 Å². The first-order valence-electron chi connectivity index (χ1n) is 8.80. The van der Waals surface area contributed by atoms with Gasteiger partial charge in [-0.1, -0.05) is 48.5 Å². The second kappa shape index (κ2) is 7.66. The van der Waals surface area contributed by atoms with Gasteiger partial charge in [0.15, 0.2) is 5.82 Å². The first kappa shape index (κ1) is 16.7. The molecule has 4 rings (SSSR count). The van der Waals surface area contributed by atoms with Crippen LogP contribution < -0.4 is 4.90 Å². The van der Waals surface area contributed by atoms with E-state index < -0.39 is 0 Å². The maximum Gasteiger partial charge on any atom is 0.253 e. The molecule has 0 aliphatic carbocycles. The highest BCUT2D eigenvalue weighted by atomic mass is 32.1. The van der Waals surface area contributed by atoms with Crippen molar-refractivity contribution in [3.63, 3.8) is 0 Å². The monoisotopic (exact) mass is 364 g/mol. The normalized spacial score (nSPS) is 14.9. The first-order valence-corrected chi connectivity index (χ1v) is 9.57. The summed E-state index contributed by atoms with van der Waals surface area (Å²) in [6.45, 7) is 3.15. The molecule has 0 radical (unpaired) electrons. The molecule has 0 N–H and O–H groups in total. The fraction of sp³-hybridized carbons (Fsp3) is 0.250. The van der Waals surface area contributed by atoms with Gasteiger partial charge in [-0.3, -0.25) is 4.79 Å². The van der Waals surface area contributed by atoms with Gasteiger partial charge in [-0.25, -0.2) is 0 Å². The van der Waals surface area contributed by atoms with Crippen LogP contribution in [0.1, 0.15) is 16.8 Å². The molecule has 6 heteroatoms. The fourth-order valence-corrected chi connectivity index (χ4v) is 3.86. The largest absolute Gasteiger partial charge is 0.345 e. The lowest BCUT2D eigenvalue weighted by atomic mass is 10.2. The SMILES string of the molecule is O=C(c1ccccc1)N1CCCN(c2nc(-c3ccccc3)ns2)CC1. The molecule has 0 saturated carbocycles. The van der Waals surface area contributed by atoms with Gasteiger partial charge in [-0.05, 0) is 18.6 Å². The summed E-state index contributed by atoms with van der Waals surface area (Å²) in [4.78, 5) is 21.5. The van der Waals surface area contributed by atoms with Crippen molar-refractivity contribution in [2.45, 2.75) is 6.42 Å². The lowest BCUT2D eigenvalue weighted by Crippen LogP contribution is -2.35. The third kappa shape index (κ3) is 3.60. The van der Waals surface area contributed by atoms with Crippen LogP contribution in [-0.2, 0) is 0 Å². The molecule has 5 nitrogen and oxygen atoms in total. The van der Waals surface area contributed by atoms with E-state index in [0.717, 1.165) is 48.1 Å². The molecule has 1 aliphatic rings. The van der Waals surface area contributed by atoms with Gasteiger partial charge in [-0.15, -0.1) is 0 Å². The summed E-state index contributed by atoms with van der Waals surface area (Å²) in [5.41, 5.74) is 1.79. The van der Waals surface area contributed by atoms with Crippen molar-refractivity contribution in [1.29, 1.82) is 0 Å². The highest BCUT2D eigenvalue weighted by molar-refractivity contribution is 7.09. The van der Waals surface area contributed by atoms with Gasteiger partial charge in [0.2, 0.25) is 5.13 Å². The molecule has 2 aromatic carbocycles. The van der Waals surface area contributed by atoms with Crippen molar-refractivity contribution in [3.05, 3.63) is 66.2 Å². The predicted molar refractivity (Wildman–Crippen MR) is 105 cm³/mol. The van der Waals surface area contributed by atoms with Crippen molar-refractivity contribution in [2.24, 2.45) is 0 Å². The number of amides is 1. The number of carbonyl (C=O) groups is 1. The zero-order valence-corrected chi connectivity index (χ0v) is 15.2. The molecule has 1 fully saturated rings. The number of benzene rings is 2. The van der Waals surface area contributed by atoms with Crippen LogP contribution in [0.4, 0.5) is 5.13 Å². The highest BCUT2D eigenvalue weighted by Crippen LogP contribution is 2.24. The van der Waals surface area contributed by atoms with E-state index >= 15 is 0 Å². The molecule has 0 spiro atoms. The molecule has 0 atom stereocenters. The summed E-state index contributed by atoms with van der Waals surface area (Å²) in [6, 6.07) is 19.5. The molecule has 0 unspecified atom stereocenters. The van der Waals surface area contributed by atoms with Crippen LogP contribution in [0.2, 0.25) is 0 Å². The standard InChI is InChI=1S/C20H20N4OS/c25-19(17-10-5-2-6-11-17)23-12-7-13-24(15-14-23)20-21-18(22-26-20)16-8-3-1-4-9-16/h1-6,8-11H,7,12-15H2. The van der Waals surface area contributed by atoms with E-state index in [0.29, 0.717) is 6.54 Å². The minimum atomic E-state index is 0.106. The van der Waals surface area contributed by atoms with E-state index in [2.05, 4.69) is 9.27 Å². The molecular formula is C20H20N4OS. The Morgan fingerprint density at radius 1 is 0.885 bits per heavy atom. The number of aromatic nitrogens is 2. The Morgan fingerprint density at radius 2 is 1.62 bits per heavy atom. The molecule has 3 aromatic rings. The highest BCUT2D eigenvalue weighted by Gasteiger charge is 2.22. The number of anilines is 1. The second-order valence-corrected chi connectivity index (χ2v) is 7.00. The van der Waals surface area contributed by atoms with Crippen LogP contribution >= 0.6 is 11.5 Å². The van der Waals surface area contributed by atoms with Crippen LogP contribution in [0.5, 0.6) is 0 Å². The molecular weight excluding hydrogens is 344 g/mol. The Kier molecular flexibility index (Phi) is 4.93. The summed E-state index contributed by atoms with van der Waals surface area (Å²) in [5, 5.41) is 0.929. The maximum absolute atomic E-state index is 12.7. The van der Waals surface area contributed by atoms with Crippen molar-refractivity contribution in [1.82, 2.24) is 14.3 Å². The zero-order chi connectivity index (χ0) is 17.8. The van der Waals surface area contributed by atoms with Crippen molar-refractivity contribution >= 4 is 22.6 Å². The fourth-order valence-electron chi connectivity index (χ4n) is 3.12.